The van der Waals surface area contributed by atoms with Crippen molar-refractivity contribution in [1.29, 1.82) is 0 Å². The first-order chi connectivity index (χ1) is 18.0. The van der Waals surface area contributed by atoms with E-state index in [1.807, 2.05) is 19.9 Å². The van der Waals surface area contributed by atoms with Crippen LogP contribution in [-0.2, 0) is 20.9 Å². The fraction of sp³-hybridized carbons (Fsp3) is 0.567. The van der Waals surface area contributed by atoms with E-state index >= 15 is 0 Å². The van der Waals surface area contributed by atoms with E-state index in [1.165, 1.54) is 0 Å². The molecule has 3 N–H and O–H groups in total. The standard InChI is InChI=1S/C30H39NO7/c1-6-8-21-28(35)19(3)10-7-9-18(2)11-13-23(38-27(34)16-25(33)30(4,5)29(21)36)20-12-14-24-22(15-20)31-26(17-32)37-24/h1,11-12,14-15,19,21,23,25,28,32-33,35H,7-10,13,16-17H2,2-5H3/b18-11-/t19-,21+,23-,25-,28-/m0/s1. The number of oxazole rings is 1. The number of terminal acetylenes is 1. The van der Waals surface area contributed by atoms with Crippen LogP contribution >= 0.6 is 0 Å². The molecule has 8 nitrogen and oxygen atoms in total. The van der Waals surface area contributed by atoms with Crippen LogP contribution in [0, 0.1) is 29.6 Å². The van der Waals surface area contributed by atoms with Crippen molar-refractivity contribution in [3.63, 3.8) is 0 Å². The Kier molecular flexibility index (Phi) is 9.88. The average molecular weight is 526 g/mol. The highest BCUT2D eigenvalue weighted by Crippen LogP contribution is 2.35. The van der Waals surface area contributed by atoms with Crippen LogP contribution in [0.15, 0.2) is 34.3 Å². The first-order valence-electron chi connectivity index (χ1n) is 13.2. The average Bonchev–Trinajstić information content (AvgIpc) is 3.30. The molecular formula is C30H39NO7. The topological polar surface area (TPSA) is 130 Å². The number of carbonyl (C=O) groups excluding carboxylic acids is 2. The molecular weight excluding hydrogens is 486 g/mol. The number of nitrogens with zero attached hydrogens (tertiary/aromatic N) is 1. The second-order valence-electron chi connectivity index (χ2n) is 10.9. The van der Waals surface area contributed by atoms with Gasteiger partial charge in [0.15, 0.2) is 5.58 Å². The van der Waals surface area contributed by atoms with Crippen molar-refractivity contribution in [1.82, 2.24) is 4.98 Å². The zero-order chi connectivity index (χ0) is 28.0. The fourth-order valence-electron chi connectivity index (χ4n) is 4.95. The highest BCUT2D eigenvalue weighted by atomic mass is 16.5. The number of hydrogen-bond donors (Lipinski definition) is 3. The predicted molar refractivity (Wildman–Crippen MR) is 143 cm³/mol. The molecule has 0 unspecified atom stereocenters. The molecule has 0 saturated carbocycles. The van der Waals surface area contributed by atoms with Gasteiger partial charge in [-0.15, -0.1) is 12.3 Å². The number of ketones is 1. The van der Waals surface area contributed by atoms with Gasteiger partial charge in [0.05, 0.1) is 30.0 Å². The Morgan fingerprint density at radius 2 is 1.97 bits per heavy atom. The van der Waals surface area contributed by atoms with E-state index in [0.29, 0.717) is 29.5 Å². The molecule has 0 spiro atoms. The minimum Gasteiger partial charge on any atom is -0.457 e. The lowest BCUT2D eigenvalue weighted by molar-refractivity contribution is -0.156. The van der Waals surface area contributed by atoms with Crippen molar-refractivity contribution >= 4 is 22.9 Å². The molecule has 1 aliphatic heterocycles. The Bertz CT molecular complexity index is 1200. The number of carbonyl (C=O) groups is 2. The molecule has 0 saturated heterocycles. The van der Waals surface area contributed by atoms with Gasteiger partial charge in [0.1, 0.15) is 24.0 Å². The van der Waals surface area contributed by atoms with Gasteiger partial charge >= 0.3 is 5.97 Å². The molecule has 38 heavy (non-hydrogen) atoms. The molecule has 0 fully saturated rings. The van der Waals surface area contributed by atoms with Crippen molar-refractivity contribution in [2.75, 3.05) is 0 Å². The first-order valence-corrected chi connectivity index (χ1v) is 13.2. The minimum absolute atomic E-state index is 0.0501. The Labute approximate surface area is 224 Å². The maximum Gasteiger partial charge on any atom is 0.309 e. The zero-order valence-electron chi connectivity index (χ0n) is 22.6. The molecule has 1 aliphatic rings. The van der Waals surface area contributed by atoms with Gasteiger partial charge in [-0.3, -0.25) is 9.59 Å². The van der Waals surface area contributed by atoms with Crippen LogP contribution in [0.5, 0.6) is 0 Å². The number of ether oxygens (including phenoxy) is 1. The second kappa shape index (κ2) is 12.7. The third kappa shape index (κ3) is 6.90. The van der Waals surface area contributed by atoms with Crippen molar-refractivity contribution in [2.45, 2.75) is 91.1 Å². The summed E-state index contributed by atoms with van der Waals surface area (Å²) in [5.41, 5.74) is 1.53. The molecule has 3 rings (SSSR count). The van der Waals surface area contributed by atoms with Gasteiger partial charge in [-0.2, -0.15) is 0 Å². The Morgan fingerprint density at radius 3 is 2.66 bits per heavy atom. The summed E-state index contributed by atoms with van der Waals surface area (Å²) in [6.45, 7) is 6.72. The third-order valence-electron chi connectivity index (χ3n) is 7.65. The highest BCUT2D eigenvalue weighted by molar-refractivity contribution is 5.88. The number of fused-ring (bicyclic) bond motifs is 1. The summed E-state index contributed by atoms with van der Waals surface area (Å²) in [5.74, 6) is 0.659. The van der Waals surface area contributed by atoms with E-state index in [9.17, 15) is 24.9 Å². The summed E-state index contributed by atoms with van der Waals surface area (Å²) < 4.78 is 11.3. The van der Waals surface area contributed by atoms with Crippen molar-refractivity contribution in [3.05, 3.63) is 41.3 Å². The van der Waals surface area contributed by atoms with Crippen molar-refractivity contribution in [3.8, 4) is 12.3 Å². The van der Waals surface area contributed by atoms with Crippen LogP contribution in [0.4, 0.5) is 0 Å². The number of rotatable bonds is 3. The lowest BCUT2D eigenvalue weighted by atomic mass is 9.71. The number of hydrogen-bond acceptors (Lipinski definition) is 8. The molecule has 0 bridgehead atoms. The van der Waals surface area contributed by atoms with Crippen LogP contribution in [-0.4, -0.2) is 44.3 Å². The smallest absolute Gasteiger partial charge is 0.309 e. The summed E-state index contributed by atoms with van der Waals surface area (Å²) in [4.78, 5) is 30.8. The summed E-state index contributed by atoms with van der Waals surface area (Å²) in [6.07, 6.45) is 7.00. The summed E-state index contributed by atoms with van der Waals surface area (Å²) in [7, 11) is 0. The van der Waals surface area contributed by atoms with E-state index in [4.69, 9.17) is 15.6 Å². The summed E-state index contributed by atoms with van der Waals surface area (Å²) >= 11 is 0. The number of aliphatic hydroxyl groups is 3. The maximum atomic E-state index is 13.5. The number of aromatic nitrogens is 1. The van der Waals surface area contributed by atoms with Gasteiger partial charge in [-0.05, 0) is 49.8 Å². The van der Waals surface area contributed by atoms with E-state index in [-0.39, 0.29) is 30.6 Å². The molecule has 0 aliphatic carbocycles. The Hall–Kier alpha value is -2.99. The van der Waals surface area contributed by atoms with Crippen molar-refractivity contribution < 1.29 is 34.1 Å². The lowest BCUT2D eigenvalue weighted by Gasteiger charge is -2.35. The van der Waals surface area contributed by atoms with Crippen LogP contribution in [0.1, 0.15) is 83.8 Å². The summed E-state index contributed by atoms with van der Waals surface area (Å²) in [6, 6.07) is 5.26. The zero-order valence-corrected chi connectivity index (χ0v) is 22.6. The van der Waals surface area contributed by atoms with Gasteiger partial charge in [-0.1, -0.05) is 38.5 Å². The molecule has 0 amide bonds. The van der Waals surface area contributed by atoms with Gasteiger partial charge in [0, 0.05) is 12.8 Å². The number of Topliss-reactive ketones (excluding diaryl/α,β-unsaturated/α-hetero) is 1. The number of cyclic esters (lactones) is 1. The monoisotopic (exact) mass is 525 g/mol. The largest absolute Gasteiger partial charge is 0.457 e. The highest BCUT2D eigenvalue weighted by Gasteiger charge is 2.43. The quantitative estimate of drug-likeness (QED) is 0.305. The fourth-order valence-corrected chi connectivity index (χ4v) is 4.95. The maximum absolute atomic E-state index is 13.5. The van der Waals surface area contributed by atoms with Crippen LogP contribution < -0.4 is 0 Å². The molecule has 206 valence electrons. The normalized spacial score (nSPS) is 29.3. The third-order valence-corrected chi connectivity index (χ3v) is 7.65. The Morgan fingerprint density at radius 1 is 1.24 bits per heavy atom. The first kappa shape index (κ1) is 29.6. The molecule has 2 aromatic rings. The van der Waals surface area contributed by atoms with E-state index in [2.05, 4.69) is 10.9 Å². The van der Waals surface area contributed by atoms with Crippen LogP contribution in [0.25, 0.3) is 11.1 Å². The van der Waals surface area contributed by atoms with Gasteiger partial charge < -0.3 is 24.5 Å². The number of benzene rings is 1. The SMILES string of the molecule is C#CC[C@H]1C(=O)C(C)(C)[C@@H](O)CC(=O)O[C@H](c2ccc3oc(CO)nc3c2)C/C=C(/C)CCC[C@H](C)[C@@H]1O. The van der Waals surface area contributed by atoms with Crippen molar-refractivity contribution in [2.24, 2.45) is 17.3 Å². The van der Waals surface area contributed by atoms with Crippen LogP contribution in [0.2, 0.25) is 0 Å². The molecule has 2 heterocycles. The molecule has 0 radical (unpaired) electrons. The molecule has 1 aromatic carbocycles. The minimum atomic E-state index is -1.33. The number of esters is 1. The molecule has 1 aromatic heterocycles. The summed E-state index contributed by atoms with van der Waals surface area (Å²) in [5, 5.41) is 31.3. The van der Waals surface area contributed by atoms with Gasteiger partial charge in [0.25, 0.3) is 0 Å². The Balaban J connectivity index is 1.94. The van der Waals surface area contributed by atoms with E-state index in [1.54, 1.807) is 32.0 Å². The van der Waals surface area contributed by atoms with E-state index < -0.39 is 42.0 Å². The number of aliphatic hydroxyl groups excluding tert-OH is 3. The molecule has 5 atom stereocenters. The van der Waals surface area contributed by atoms with Crippen LogP contribution in [0.3, 0.4) is 0 Å². The molecule has 8 heteroatoms. The second-order valence-corrected chi connectivity index (χ2v) is 10.9. The van der Waals surface area contributed by atoms with Gasteiger partial charge in [0.2, 0.25) is 5.89 Å². The number of allylic oxidation sites excluding steroid dienone is 1. The lowest BCUT2D eigenvalue weighted by Crippen LogP contribution is -2.46. The predicted octanol–water partition coefficient (Wildman–Crippen LogP) is 4.41. The van der Waals surface area contributed by atoms with Gasteiger partial charge in [-0.25, -0.2) is 4.98 Å². The van der Waals surface area contributed by atoms with E-state index in [0.717, 1.165) is 18.4 Å².